The van der Waals surface area contributed by atoms with Gasteiger partial charge in [-0.3, -0.25) is 10.9 Å². The number of nitrogens with one attached hydrogen (secondary N) is 2. The lowest BCUT2D eigenvalue weighted by Crippen LogP contribution is -2.40. The van der Waals surface area contributed by atoms with Crippen molar-refractivity contribution in [3.8, 4) is 0 Å². The van der Waals surface area contributed by atoms with Crippen molar-refractivity contribution in [2.75, 3.05) is 5.75 Å². The molecular formula is C10H9Br2N3O2S2. The van der Waals surface area contributed by atoms with Crippen molar-refractivity contribution in [3.05, 3.63) is 32.7 Å². The van der Waals surface area contributed by atoms with Crippen LogP contribution in [0.2, 0.25) is 0 Å². The van der Waals surface area contributed by atoms with Crippen molar-refractivity contribution >= 4 is 64.7 Å². The summed E-state index contributed by atoms with van der Waals surface area (Å²) in [7, 11) is -3.34. The van der Waals surface area contributed by atoms with E-state index >= 15 is 0 Å². The minimum Gasteiger partial charge on any atom is -0.375 e. The maximum absolute atomic E-state index is 12.1. The number of hydrogen-bond acceptors (Lipinski definition) is 4. The van der Waals surface area contributed by atoms with Gasteiger partial charge in [0.1, 0.15) is 0 Å². The molecule has 0 saturated heterocycles. The van der Waals surface area contributed by atoms with Crippen LogP contribution in [0.15, 0.2) is 32.0 Å². The molecular weight excluding hydrogens is 418 g/mol. The normalized spacial score (nSPS) is 16.2. The van der Waals surface area contributed by atoms with Gasteiger partial charge < -0.3 is 5.73 Å². The molecule has 1 aliphatic rings. The highest BCUT2D eigenvalue weighted by molar-refractivity contribution is 9.11. The summed E-state index contributed by atoms with van der Waals surface area (Å²) in [5.74, 6) is -0.0818. The van der Waals surface area contributed by atoms with E-state index in [4.69, 9.17) is 18.0 Å². The molecule has 1 aliphatic heterocycles. The molecule has 19 heavy (non-hydrogen) atoms. The van der Waals surface area contributed by atoms with Crippen molar-refractivity contribution in [1.29, 1.82) is 0 Å². The van der Waals surface area contributed by atoms with Crippen molar-refractivity contribution in [2.24, 2.45) is 5.73 Å². The van der Waals surface area contributed by atoms with Gasteiger partial charge in [-0.05, 0) is 46.4 Å². The number of halogens is 2. The molecule has 0 radical (unpaired) electrons. The van der Waals surface area contributed by atoms with Crippen LogP contribution in [0.4, 0.5) is 0 Å². The van der Waals surface area contributed by atoms with E-state index in [-0.39, 0.29) is 15.8 Å². The van der Waals surface area contributed by atoms with E-state index in [1.54, 1.807) is 18.2 Å². The molecule has 0 aliphatic carbocycles. The van der Waals surface area contributed by atoms with E-state index in [9.17, 15) is 8.42 Å². The third kappa shape index (κ3) is 3.10. The minimum absolute atomic E-state index is 0.0740. The zero-order valence-corrected chi connectivity index (χ0v) is 14.2. The Kier molecular flexibility index (Phi) is 4.19. The molecule has 1 aromatic rings. The van der Waals surface area contributed by atoms with E-state index in [1.165, 1.54) is 0 Å². The van der Waals surface area contributed by atoms with Crippen LogP contribution < -0.4 is 16.6 Å². The van der Waals surface area contributed by atoms with Crippen molar-refractivity contribution < 1.29 is 8.42 Å². The van der Waals surface area contributed by atoms with Gasteiger partial charge in [-0.2, -0.15) is 0 Å². The Morgan fingerprint density at radius 2 is 2.05 bits per heavy atom. The molecule has 0 bridgehead atoms. The summed E-state index contributed by atoms with van der Waals surface area (Å²) in [6.45, 7) is 0. The van der Waals surface area contributed by atoms with Gasteiger partial charge >= 0.3 is 0 Å². The number of rotatable bonds is 2. The lowest BCUT2D eigenvalue weighted by Gasteiger charge is -2.21. The molecule has 1 aromatic carbocycles. The molecule has 0 fully saturated rings. The predicted octanol–water partition coefficient (Wildman–Crippen LogP) is 1.68. The Labute approximate surface area is 132 Å². The summed E-state index contributed by atoms with van der Waals surface area (Å²) in [6, 6.07) is 3.41. The number of fused-ring (bicyclic) bond motifs is 1. The Morgan fingerprint density at radius 3 is 2.68 bits per heavy atom. The lowest BCUT2D eigenvalue weighted by atomic mass is 10.1. The van der Waals surface area contributed by atoms with E-state index in [1.807, 2.05) is 0 Å². The Balaban J connectivity index is 2.55. The summed E-state index contributed by atoms with van der Waals surface area (Å²) in [5.41, 5.74) is 11.9. The van der Waals surface area contributed by atoms with Gasteiger partial charge in [-0.1, -0.05) is 15.9 Å². The second kappa shape index (κ2) is 5.39. The predicted molar refractivity (Wildman–Crippen MR) is 84.9 cm³/mol. The average Bonchev–Trinajstić information content (AvgIpc) is 2.25. The largest absolute Gasteiger partial charge is 0.375 e. The van der Waals surface area contributed by atoms with Gasteiger partial charge in [0.25, 0.3) is 0 Å². The van der Waals surface area contributed by atoms with Gasteiger partial charge in [0.05, 0.1) is 16.3 Å². The van der Waals surface area contributed by atoms with Crippen LogP contribution in [0.1, 0.15) is 5.56 Å². The Morgan fingerprint density at radius 1 is 1.37 bits per heavy atom. The smallest absolute Gasteiger partial charge is 0.183 e. The number of nitrogens with two attached hydrogens (primary N) is 1. The molecule has 0 aromatic heterocycles. The van der Waals surface area contributed by atoms with Gasteiger partial charge in [-0.15, -0.1) is 0 Å². The molecule has 102 valence electrons. The number of benzene rings is 1. The van der Waals surface area contributed by atoms with Crippen molar-refractivity contribution in [1.82, 2.24) is 10.9 Å². The maximum Gasteiger partial charge on any atom is 0.183 e. The highest BCUT2D eigenvalue weighted by Crippen LogP contribution is 2.36. The van der Waals surface area contributed by atoms with Gasteiger partial charge in [0.2, 0.25) is 0 Å². The number of hydrogen-bond donors (Lipinski definition) is 3. The SMILES string of the molecule is NC(=S)NNC1=CCS(=O)(=O)c2c(Br)cc(Br)cc21. The van der Waals surface area contributed by atoms with Crippen molar-refractivity contribution in [2.45, 2.75) is 4.90 Å². The molecule has 2 rings (SSSR count). The highest BCUT2D eigenvalue weighted by Gasteiger charge is 2.27. The fraction of sp³-hybridized carbons (Fsp3) is 0.100. The molecule has 4 N–H and O–H groups in total. The van der Waals surface area contributed by atoms with Crippen LogP contribution in [0, 0.1) is 0 Å². The first-order valence-corrected chi connectivity index (χ1v) is 8.70. The molecule has 0 atom stereocenters. The zero-order chi connectivity index (χ0) is 14.2. The van der Waals surface area contributed by atoms with E-state index < -0.39 is 9.84 Å². The van der Waals surface area contributed by atoms with E-state index in [0.29, 0.717) is 15.7 Å². The Bertz CT molecular complexity index is 686. The molecule has 0 spiro atoms. The third-order valence-electron chi connectivity index (χ3n) is 2.44. The van der Waals surface area contributed by atoms with Crippen LogP contribution in [0.3, 0.4) is 0 Å². The molecule has 5 nitrogen and oxygen atoms in total. The molecule has 0 saturated carbocycles. The molecule has 0 amide bonds. The standard InChI is InChI=1S/C10H9Br2N3O2S2/c11-5-3-6-8(14-15-10(13)18)1-2-19(16,17)9(6)7(12)4-5/h1,3-4,14H,2H2,(H3,13,15,18). The number of hydrazine groups is 1. The fourth-order valence-corrected chi connectivity index (χ4v) is 5.14. The monoisotopic (exact) mass is 425 g/mol. The second-order valence-electron chi connectivity index (χ2n) is 3.78. The summed E-state index contributed by atoms with van der Waals surface area (Å²) < 4.78 is 25.5. The molecule has 1 heterocycles. The first-order valence-electron chi connectivity index (χ1n) is 5.05. The molecule has 0 unspecified atom stereocenters. The summed E-state index contributed by atoms with van der Waals surface area (Å²) in [4.78, 5) is 0.255. The van der Waals surface area contributed by atoms with E-state index in [0.717, 1.165) is 4.47 Å². The quantitative estimate of drug-likeness (QED) is 0.492. The van der Waals surface area contributed by atoms with Crippen LogP contribution in [0.5, 0.6) is 0 Å². The van der Waals surface area contributed by atoms with Crippen LogP contribution in [0.25, 0.3) is 5.70 Å². The summed E-state index contributed by atoms with van der Waals surface area (Å²) in [6.07, 6.45) is 1.57. The molecule has 9 heteroatoms. The van der Waals surface area contributed by atoms with Gasteiger partial charge in [-0.25, -0.2) is 8.42 Å². The third-order valence-corrected chi connectivity index (χ3v) is 5.55. The highest BCUT2D eigenvalue weighted by atomic mass is 79.9. The zero-order valence-electron chi connectivity index (χ0n) is 9.41. The van der Waals surface area contributed by atoms with Crippen LogP contribution >= 0.6 is 44.1 Å². The number of thiocarbonyl (C=S) groups is 1. The topological polar surface area (TPSA) is 84.2 Å². The summed E-state index contributed by atoms with van der Waals surface area (Å²) >= 11 is 11.3. The Hall–Kier alpha value is -0.640. The maximum atomic E-state index is 12.1. The van der Waals surface area contributed by atoms with Crippen LogP contribution in [-0.2, 0) is 9.84 Å². The van der Waals surface area contributed by atoms with Crippen LogP contribution in [-0.4, -0.2) is 19.3 Å². The number of sulfone groups is 1. The fourth-order valence-electron chi connectivity index (χ4n) is 1.71. The lowest BCUT2D eigenvalue weighted by molar-refractivity contribution is 0.597. The van der Waals surface area contributed by atoms with Gasteiger partial charge in [0, 0.05) is 14.5 Å². The van der Waals surface area contributed by atoms with Gasteiger partial charge in [0.15, 0.2) is 14.9 Å². The van der Waals surface area contributed by atoms with Crippen molar-refractivity contribution in [3.63, 3.8) is 0 Å². The first-order chi connectivity index (χ1) is 8.81. The average molecular weight is 427 g/mol. The second-order valence-corrected chi connectivity index (χ2v) is 7.96. The first kappa shape index (κ1) is 14.8. The van der Waals surface area contributed by atoms with E-state index in [2.05, 4.69) is 42.7 Å². The summed E-state index contributed by atoms with van der Waals surface area (Å²) in [5, 5.41) is 0.0740. The minimum atomic E-state index is -3.34.